The maximum absolute atomic E-state index is 12.9. The summed E-state index contributed by atoms with van der Waals surface area (Å²) < 4.78 is 26.8. The van der Waals surface area contributed by atoms with Crippen molar-refractivity contribution in [3.63, 3.8) is 0 Å². The summed E-state index contributed by atoms with van der Waals surface area (Å²) in [6, 6.07) is 0. The van der Waals surface area contributed by atoms with Crippen LogP contribution < -0.4 is 0 Å². The molecule has 4 atom stereocenters. The van der Waals surface area contributed by atoms with Crippen LogP contribution in [0.25, 0.3) is 0 Å². The predicted molar refractivity (Wildman–Crippen MR) is 344 cm³/mol. The quantitative estimate of drug-likeness (QED) is 0.0192. The third-order valence-corrected chi connectivity index (χ3v) is 17.7. The van der Waals surface area contributed by atoms with Crippen molar-refractivity contribution >= 4 is 51.4 Å². The van der Waals surface area contributed by atoms with Crippen LogP contribution in [0.1, 0.15) is 228 Å². The number of aliphatic hydroxyl groups excluding tert-OH is 4. The molecule has 0 aromatic heterocycles. The van der Waals surface area contributed by atoms with Gasteiger partial charge < -0.3 is 44.1 Å². The SMILES string of the molecule is CCCCOC(=O)CCCCCCC(O)CN(CCCSSCCN1CCN(CCOC(=O)CCCN(CC(O)CCCCC(=O)OCCC(C)C)CC(O)CCCCC(=O)OCCC(C)C)CC1)CC(O)CCCCCCC(=O)OCCCC. The Morgan fingerprint density at radius 1 is 0.376 bits per heavy atom. The molecule has 4 unspecified atom stereocenters. The number of hydrogen-bond donors (Lipinski definition) is 4. The van der Waals surface area contributed by atoms with Gasteiger partial charge in [-0.2, -0.15) is 0 Å². The second-order valence-electron chi connectivity index (χ2n) is 24.5. The van der Waals surface area contributed by atoms with E-state index >= 15 is 0 Å². The molecule has 18 nitrogen and oxygen atoms in total. The smallest absolute Gasteiger partial charge is 0.305 e. The lowest BCUT2D eigenvalue weighted by atomic mass is 10.1. The fraction of sp³-hybridized carbons (Fsp3) is 0.923. The van der Waals surface area contributed by atoms with E-state index in [2.05, 4.69) is 56.2 Å². The largest absolute Gasteiger partial charge is 0.466 e. The predicted octanol–water partition coefficient (Wildman–Crippen LogP) is 10.4. The Kier molecular flexibility index (Phi) is 53.0. The van der Waals surface area contributed by atoms with E-state index in [-0.39, 0.29) is 36.3 Å². The van der Waals surface area contributed by atoms with E-state index in [9.17, 15) is 44.4 Å². The first-order valence-corrected chi connectivity index (χ1v) is 36.1. The van der Waals surface area contributed by atoms with E-state index in [0.29, 0.717) is 168 Å². The van der Waals surface area contributed by atoms with Crippen molar-refractivity contribution in [2.75, 3.05) is 123 Å². The molecular weight excluding hydrogens is 1120 g/mol. The molecule has 0 aliphatic carbocycles. The number of unbranched alkanes of at least 4 members (excludes halogenated alkanes) is 10. The summed E-state index contributed by atoms with van der Waals surface area (Å²) in [5, 5.41) is 44.0. The van der Waals surface area contributed by atoms with Gasteiger partial charge in [0, 0.05) is 109 Å². The molecule has 1 aliphatic heterocycles. The van der Waals surface area contributed by atoms with Crippen LogP contribution >= 0.6 is 21.6 Å². The summed E-state index contributed by atoms with van der Waals surface area (Å²) in [7, 11) is 3.77. The third kappa shape index (κ3) is 52.2. The number of piperazine rings is 1. The molecule has 500 valence electrons. The second kappa shape index (κ2) is 55.8. The van der Waals surface area contributed by atoms with Gasteiger partial charge in [0.05, 0.1) is 50.8 Å². The van der Waals surface area contributed by atoms with Gasteiger partial charge in [-0.15, -0.1) is 0 Å². The number of nitrogens with zero attached hydrogens (tertiary/aromatic N) is 4. The van der Waals surface area contributed by atoms with Gasteiger partial charge in [0.15, 0.2) is 0 Å². The van der Waals surface area contributed by atoms with Crippen molar-refractivity contribution in [1.82, 2.24) is 19.6 Å². The first kappa shape index (κ1) is 80.7. The van der Waals surface area contributed by atoms with Gasteiger partial charge in [0.25, 0.3) is 0 Å². The number of ether oxygens (including phenoxy) is 5. The highest BCUT2D eigenvalue weighted by Crippen LogP contribution is 2.23. The molecule has 0 radical (unpaired) electrons. The van der Waals surface area contributed by atoms with E-state index in [1.807, 2.05) is 26.5 Å². The number of carbonyl (C=O) groups is 5. The lowest BCUT2D eigenvalue weighted by Crippen LogP contribution is -2.47. The molecule has 0 spiro atoms. The van der Waals surface area contributed by atoms with E-state index in [0.717, 1.165) is 147 Å². The van der Waals surface area contributed by atoms with E-state index < -0.39 is 24.4 Å². The fourth-order valence-electron chi connectivity index (χ4n) is 9.82. The molecule has 1 rings (SSSR count). The van der Waals surface area contributed by atoms with E-state index in [4.69, 9.17) is 23.7 Å². The minimum atomic E-state index is -0.651. The molecule has 0 aromatic rings. The lowest BCUT2D eigenvalue weighted by Gasteiger charge is -2.34. The molecule has 1 saturated heterocycles. The van der Waals surface area contributed by atoms with Crippen molar-refractivity contribution in [1.29, 1.82) is 0 Å². The van der Waals surface area contributed by atoms with Crippen LogP contribution in [0.4, 0.5) is 0 Å². The zero-order valence-corrected chi connectivity index (χ0v) is 56.0. The van der Waals surface area contributed by atoms with Crippen molar-refractivity contribution in [3.05, 3.63) is 0 Å². The highest BCUT2D eigenvalue weighted by atomic mass is 33.1. The van der Waals surface area contributed by atoms with E-state index in [1.54, 1.807) is 0 Å². The van der Waals surface area contributed by atoms with Gasteiger partial charge in [0.1, 0.15) is 6.61 Å². The van der Waals surface area contributed by atoms with Crippen molar-refractivity contribution < 1.29 is 68.1 Å². The van der Waals surface area contributed by atoms with Gasteiger partial charge in [-0.3, -0.25) is 43.6 Å². The molecule has 0 saturated carbocycles. The summed E-state index contributed by atoms with van der Waals surface area (Å²) in [6.07, 6.45) is 18.6. The average molecular weight is 1250 g/mol. The Hall–Kier alpha value is -2.27. The lowest BCUT2D eigenvalue weighted by molar-refractivity contribution is -0.145. The number of carbonyl (C=O) groups excluding carboxylic acids is 5. The molecule has 0 aromatic carbocycles. The molecule has 4 N–H and O–H groups in total. The molecular formula is C65H124N4O14S2. The molecule has 85 heavy (non-hydrogen) atoms. The maximum atomic E-state index is 12.9. The molecule has 1 aliphatic rings. The van der Waals surface area contributed by atoms with Crippen LogP contribution in [0.2, 0.25) is 0 Å². The van der Waals surface area contributed by atoms with Crippen LogP contribution in [-0.4, -0.2) is 217 Å². The van der Waals surface area contributed by atoms with Crippen molar-refractivity contribution in [2.45, 2.75) is 252 Å². The Morgan fingerprint density at radius 2 is 0.694 bits per heavy atom. The summed E-state index contributed by atoms with van der Waals surface area (Å²) in [5.74, 6) is 2.02. The van der Waals surface area contributed by atoms with E-state index in [1.165, 1.54) is 0 Å². The van der Waals surface area contributed by atoms with Gasteiger partial charge in [-0.25, -0.2) is 0 Å². The van der Waals surface area contributed by atoms with Crippen LogP contribution in [-0.2, 0) is 47.7 Å². The average Bonchev–Trinajstić information content (AvgIpc) is 3.50. The summed E-state index contributed by atoms with van der Waals surface area (Å²) in [6.45, 7) is 23.2. The minimum absolute atomic E-state index is 0.122. The standard InChI is InChI=1S/C65H124N4O14S2/c1-7-9-44-79-61(74)29-17-13-11-15-25-57(70)53-69(54-58(71)26-16-12-14-18-30-62(75)80-45-10-8-2)37-24-49-84-85-50-43-67-40-38-66(39-41-67)42-48-83-65(78)33-23-36-68(51-59(72)27-19-21-31-63(76)81-46-34-55(3)4)52-60(73)28-20-22-32-64(77)82-47-35-56(5)6/h55-60,70-73H,7-54H2,1-6H3. The highest BCUT2D eigenvalue weighted by molar-refractivity contribution is 8.76. The van der Waals surface area contributed by atoms with Crippen molar-refractivity contribution in [2.24, 2.45) is 11.8 Å². The number of aliphatic hydroxyl groups is 4. The first-order valence-electron chi connectivity index (χ1n) is 33.6. The topological polar surface area (TPSA) is 225 Å². The Labute approximate surface area is 523 Å². The monoisotopic (exact) mass is 1250 g/mol. The summed E-state index contributed by atoms with van der Waals surface area (Å²) in [5.41, 5.74) is 0. The molecule has 1 heterocycles. The maximum Gasteiger partial charge on any atom is 0.305 e. The third-order valence-electron chi connectivity index (χ3n) is 15.3. The Balaban J connectivity index is 2.46. The Bertz CT molecular complexity index is 1550. The van der Waals surface area contributed by atoms with Crippen LogP contribution in [0, 0.1) is 11.8 Å². The number of hydrogen-bond acceptors (Lipinski definition) is 20. The van der Waals surface area contributed by atoms with Crippen LogP contribution in [0.3, 0.4) is 0 Å². The zero-order valence-electron chi connectivity index (χ0n) is 54.4. The van der Waals surface area contributed by atoms with Gasteiger partial charge in [0.2, 0.25) is 0 Å². The molecule has 0 amide bonds. The van der Waals surface area contributed by atoms with Crippen LogP contribution in [0.5, 0.6) is 0 Å². The normalized spacial score (nSPS) is 14.7. The molecule has 0 bridgehead atoms. The minimum Gasteiger partial charge on any atom is -0.466 e. The second-order valence-corrected chi connectivity index (χ2v) is 27.2. The first-order chi connectivity index (χ1) is 41.0. The van der Waals surface area contributed by atoms with Crippen LogP contribution in [0.15, 0.2) is 0 Å². The molecule has 1 fully saturated rings. The zero-order chi connectivity index (χ0) is 62.6. The van der Waals surface area contributed by atoms with Gasteiger partial charge >= 0.3 is 29.8 Å². The molecule has 20 heteroatoms. The van der Waals surface area contributed by atoms with Crippen molar-refractivity contribution in [3.8, 4) is 0 Å². The highest BCUT2D eigenvalue weighted by Gasteiger charge is 2.21. The van der Waals surface area contributed by atoms with Gasteiger partial charge in [-0.1, -0.05) is 127 Å². The summed E-state index contributed by atoms with van der Waals surface area (Å²) in [4.78, 5) is 70.0. The number of esters is 5. The summed E-state index contributed by atoms with van der Waals surface area (Å²) >= 11 is 0. The fourth-order valence-corrected chi connectivity index (χ4v) is 11.9. The Morgan fingerprint density at radius 3 is 1.09 bits per heavy atom. The van der Waals surface area contributed by atoms with Gasteiger partial charge in [-0.05, 0) is 115 Å². The number of rotatable bonds is 59.